The largest absolute Gasteiger partial charge is 0.350 e. The highest BCUT2D eigenvalue weighted by atomic mass is 16.2. The summed E-state index contributed by atoms with van der Waals surface area (Å²) in [5.41, 5.74) is 5.65. The second-order valence-electron chi connectivity index (χ2n) is 4.01. The summed E-state index contributed by atoms with van der Waals surface area (Å²) in [4.78, 5) is 11.5. The first-order chi connectivity index (χ1) is 6.65. The van der Waals surface area contributed by atoms with Gasteiger partial charge in [-0.2, -0.15) is 0 Å². The lowest BCUT2D eigenvalue weighted by atomic mass is 9.99. The van der Waals surface area contributed by atoms with Crippen molar-refractivity contribution in [3.05, 3.63) is 0 Å². The number of carbonyl (C=O) groups excluding carboxylic acids is 1. The van der Waals surface area contributed by atoms with Gasteiger partial charge in [-0.3, -0.25) is 4.79 Å². The lowest BCUT2D eigenvalue weighted by Crippen LogP contribution is -2.55. The Labute approximate surface area is 85.6 Å². The fourth-order valence-corrected chi connectivity index (χ4v) is 1.72. The third-order valence-electron chi connectivity index (χ3n) is 2.87. The Hall–Kier alpha value is -0.610. The molecule has 0 saturated carbocycles. The summed E-state index contributed by atoms with van der Waals surface area (Å²) >= 11 is 0. The van der Waals surface area contributed by atoms with Crippen molar-refractivity contribution in [2.75, 3.05) is 6.54 Å². The quantitative estimate of drug-likeness (QED) is 0.598. The number of rotatable bonds is 3. The van der Waals surface area contributed by atoms with E-state index in [1.54, 1.807) is 0 Å². The Morgan fingerprint density at radius 2 is 2.43 bits per heavy atom. The zero-order valence-corrected chi connectivity index (χ0v) is 9.05. The minimum atomic E-state index is -0.357. The van der Waals surface area contributed by atoms with Crippen LogP contribution < -0.4 is 16.4 Å². The highest BCUT2D eigenvalue weighted by Gasteiger charge is 2.23. The van der Waals surface area contributed by atoms with E-state index >= 15 is 0 Å². The molecule has 1 heterocycles. The second-order valence-corrected chi connectivity index (χ2v) is 4.01. The van der Waals surface area contributed by atoms with Crippen LogP contribution in [-0.4, -0.2) is 30.6 Å². The van der Waals surface area contributed by atoms with Crippen molar-refractivity contribution >= 4 is 5.91 Å². The van der Waals surface area contributed by atoms with Gasteiger partial charge in [-0.1, -0.05) is 6.92 Å². The second kappa shape index (κ2) is 5.32. The van der Waals surface area contributed by atoms with Crippen LogP contribution in [0.2, 0.25) is 0 Å². The molecule has 82 valence electrons. The van der Waals surface area contributed by atoms with Crippen molar-refractivity contribution < 1.29 is 4.79 Å². The van der Waals surface area contributed by atoms with Gasteiger partial charge in [0, 0.05) is 12.1 Å². The Morgan fingerprint density at radius 3 is 3.00 bits per heavy atom. The van der Waals surface area contributed by atoms with Crippen molar-refractivity contribution in [1.82, 2.24) is 10.6 Å². The predicted octanol–water partition coefficient (Wildman–Crippen LogP) is -0.0196. The summed E-state index contributed by atoms with van der Waals surface area (Å²) < 4.78 is 0. The molecule has 1 amide bonds. The van der Waals surface area contributed by atoms with Crippen LogP contribution in [0.25, 0.3) is 0 Å². The number of nitrogens with one attached hydrogen (secondary N) is 2. The molecule has 0 aromatic rings. The number of carbonyl (C=O) groups is 1. The Balaban J connectivity index is 2.38. The van der Waals surface area contributed by atoms with Crippen molar-refractivity contribution in [3.8, 4) is 0 Å². The lowest BCUT2D eigenvalue weighted by molar-refractivity contribution is -0.123. The van der Waals surface area contributed by atoms with E-state index in [4.69, 9.17) is 5.73 Å². The molecule has 3 atom stereocenters. The van der Waals surface area contributed by atoms with Gasteiger partial charge >= 0.3 is 0 Å². The highest BCUT2D eigenvalue weighted by Crippen LogP contribution is 2.08. The first-order valence-electron chi connectivity index (χ1n) is 5.44. The summed E-state index contributed by atoms with van der Waals surface area (Å²) in [6.45, 7) is 5.07. The normalized spacial score (nSPS) is 29.6. The number of piperidine rings is 1. The third-order valence-corrected chi connectivity index (χ3v) is 2.87. The van der Waals surface area contributed by atoms with Crippen LogP contribution in [-0.2, 0) is 4.79 Å². The van der Waals surface area contributed by atoms with Crippen LogP contribution in [0, 0.1) is 0 Å². The van der Waals surface area contributed by atoms with E-state index in [0.29, 0.717) is 12.5 Å². The van der Waals surface area contributed by atoms with Gasteiger partial charge in [-0.15, -0.1) is 0 Å². The molecule has 14 heavy (non-hydrogen) atoms. The van der Waals surface area contributed by atoms with Crippen LogP contribution in [0.4, 0.5) is 0 Å². The zero-order valence-electron chi connectivity index (χ0n) is 9.05. The molecule has 1 saturated heterocycles. The fraction of sp³-hybridized carbons (Fsp3) is 0.900. The van der Waals surface area contributed by atoms with Gasteiger partial charge in [0.25, 0.3) is 0 Å². The average Bonchev–Trinajstić information content (AvgIpc) is 2.20. The van der Waals surface area contributed by atoms with Crippen LogP contribution in [0.15, 0.2) is 0 Å². The maximum absolute atomic E-state index is 11.5. The monoisotopic (exact) mass is 199 g/mol. The average molecular weight is 199 g/mol. The van der Waals surface area contributed by atoms with Gasteiger partial charge < -0.3 is 16.4 Å². The molecule has 0 aromatic heterocycles. The van der Waals surface area contributed by atoms with Crippen molar-refractivity contribution in [2.24, 2.45) is 5.73 Å². The summed E-state index contributed by atoms with van der Waals surface area (Å²) in [7, 11) is 0. The first kappa shape index (κ1) is 11.5. The summed E-state index contributed by atoms with van der Waals surface area (Å²) in [6, 6.07) is 0.245. The predicted molar refractivity (Wildman–Crippen MR) is 56.9 cm³/mol. The van der Waals surface area contributed by atoms with Crippen LogP contribution >= 0.6 is 0 Å². The highest BCUT2D eigenvalue weighted by molar-refractivity contribution is 5.81. The van der Waals surface area contributed by atoms with Crippen molar-refractivity contribution in [2.45, 2.75) is 51.2 Å². The maximum atomic E-state index is 11.5. The number of hydrogen-bond donors (Lipinski definition) is 3. The molecule has 0 spiro atoms. The number of nitrogens with two attached hydrogens (primary N) is 1. The molecule has 4 nitrogen and oxygen atoms in total. The van der Waals surface area contributed by atoms with Gasteiger partial charge in [0.2, 0.25) is 5.91 Å². The van der Waals surface area contributed by atoms with Gasteiger partial charge in [-0.25, -0.2) is 0 Å². The third kappa shape index (κ3) is 2.96. The molecule has 1 fully saturated rings. The molecule has 0 aliphatic carbocycles. The van der Waals surface area contributed by atoms with E-state index < -0.39 is 0 Å². The fourth-order valence-electron chi connectivity index (χ4n) is 1.72. The maximum Gasteiger partial charge on any atom is 0.237 e. The van der Waals surface area contributed by atoms with E-state index in [0.717, 1.165) is 19.4 Å². The Kier molecular flexibility index (Phi) is 4.35. The standard InChI is InChI=1S/C10H21N3O/c1-3-8(11)10(14)13-9-5-4-6-12-7(9)2/h7-9,12H,3-6,11H2,1-2H3,(H,13,14)/t7?,8-,9?/m1/s1. The molecule has 1 aliphatic rings. The van der Waals surface area contributed by atoms with Gasteiger partial charge in [0.1, 0.15) is 0 Å². The molecule has 2 unspecified atom stereocenters. The molecule has 4 N–H and O–H groups in total. The number of hydrogen-bond acceptors (Lipinski definition) is 3. The van der Waals surface area contributed by atoms with Crippen molar-refractivity contribution in [3.63, 3.8) is 0 Å². The molecular formula is C10H21N3O. The minimum absolute atomic E-state index is 0.0203. The summed E-state index contributed by atoms with van der Waals surface area (Å²) in [5.74, 6) is -0.0203. The SMILES string of the molecule is CC[C@@H](N)C(=O)NC1CCCNC1C. The minimum Gasteiger partial charge on any atom is -0.350 e. The van der Waals surface area contributed by atoms with Crippen molar-refractivity contribution in [1.29, 1.82) is 0 Å². The molecule has 0 radical (unpaired) electrons. The van der Waals surface area contributed by atoms with Gasteiger partial charge in [0.05, 0.1) is 6.04 Å². The topological polar surface area (TPSA) is 67.2 Å². The van der Waals surface area contributed by atoms with Gasteiger partial charge in [-0.05, 0) is 32.7 Å². The van der Waals surface area contributed by atoms with E-state index in [-0.39, 0.29) is 18.0 Å². The van der Waals surface area contributed by atoms with E-state index in [1.807, 2.05) is 6.92 Å². The molecule has 0 aromatic carbocycles. The molecular weight excluding hydrogens is 178 g/mol. The number of amides is 1. The Bertz CT molecular complexity index is 196. The van der Waals surface area contributed by atoms with Crippen LogP contribution in [0.3, 0.4) is 0 Å². The van der Waals surface area contributed by atoms with E-state index in [2.05, 4.69) is 17.6 Å². The zero-order chi connectivity index (χ0) is 10.6. The first-order valence-corrected chi connectivity index (χ1v) is 5.44. The smallest absolute Gasteiger partial charge is 0.237 e. The van der Waals surface area contributed by atoms with Crippen LogP contribution in [0.1, 0.15) is 33.1 Å². The molecule has 1 rings (SSSR count). The molecule has 1 aliphatic heterocycles. The summed E-state index contributed by atoms with van der Waals surface area (Å²) in [6.07, 6.45) is 2.87. The molecule has 4 heteroatoms. The Morgan fingerprint density at radius 1 is 1.71 bits per heavy atom. The summed E-state index contributed by atoms with van der Waals surface area (Å²) in [5, 5.41) is 6.33. The van der Waals surface area contributed by atoms with Crippen LogP contribution in [0.5, 0.6) is 0 Å². The van der Waals surface area contributed by atoms with E-state index in [1.165, 1.54) is 0 Å². The lowest BCUT2D eigenvalue weighted by Gasteiger charge is -2.31. The van der Waals surface area contributed by atoms with E-state index in [9.17, 15) is 4.79 Å². The molecule has 0 bridgehead atoms. The van der Waals surface area contributed by atoms with Gasteiger partial charge in [0.15, 0.2) is 0 Å².